The lowest BCUT2D eigenvalue weighted by Crippen LogP contribution is -2.08. The van der Waals surface area contributed by atoms with Gasteiger partial charge in [-0.3, -0.25) is 5.10 Å². The number of nitrogens with one attached hydrogen (secondary N) is 1. The summed E-state index contributed by atoms with van der Waals surface area (Å²) < 4.78 is 5.65. The minimum Gasteiger partial charge on any atom is -0.486 e. The molecule has 1 heterocycles. The van der Waals surface area contributed by atoms with E-state index in [0.717, 1.165) is 16.7 Å². The average molecular weight is 324 g/mol. The summed E-state index contributed by atoms with van der Waals surface area (Å²) in [4.78, 5) is 4.48. The van der Waals surface area contributed by atoms with Crippen molar-refractivity contribution in [2.45, 2.75) is 49.1 Å². The van der Waals surface area contributed by atoms with Gasteiger partial charge in [0.05, 0.1) is 0 Å². The van der Waals surface area contributed by atoms with Gasteiger partial charge in [0, 0.05) is 10.3 Å². The second kappa shape index (κ2) is 7.18. The Morgan fingerprint density at radius 3 is 2.71 bits per heavy atom. The van der Waals surface area contributed by atoms with E-state index in [2.05, 4.69) is 15.2 Å². The zero-order valence-corrected chi connectivity index (χ0v) is 13.3. The first-order chi connectivity index (χ1) is 10.3. The quantitative estimate of drug-likeness (QED) is 0.882. The normalized spacial score (nSPS) is 16.0. The van der Waals surface area contributed by atoms with Crippen LogP contribution in [0.3, 0.4) is 0 Å². The molecule has 3 rings (SSSR count). The lowest BCUT2D eigenvalue weighted by Gasteiger charge is -2.18. The highest BCUT2D eigenvalue weighted by Crippen LogP contribution is 2.31. The molecule has 1 N–H and O–H groups in total. The van der Waals surface area contributed by atoms with Crippen LogP contribution < -0.4 is 4.74 Å². The van der Waals surface area contributed by atoms with Crippen LogP contribution in [0.1, 0.15) is 37.9 Å². The number of ether oxygens (including phenoxy) is 1. The zero-order chi connectivity index (χ0) is 14.5. The second-order valence-corrected chi connectivity index (χ2v) is 6.89. The van der Waals surface area contributed by atoms with Gasteiger partial charge in [0.1, 0.15) is 12.4 Å². The Bertz CT molecular complexity index is 567. The van der Waals surface area contributed by atoms with Crippen LogP contribution in [0, 0.1) is 0 Å². The Labute approximate surface area is 133 Å². The fourth-order valence-corrected chi connectivity index (χ4v) is 3.66. The summed E-state index contributed by atoms with van der Waals surface area (Å²) in [7, 11) is 0. The van der Waals surface area contributed by atoms with Crippen molar-refractivity contribution in [1.82, 2.24) is 15.2 Å². The summed E-state index contributed by atoms with van der Waals surface area (Å²) >= 11 is 7.62. The molecular weight excluding hydrogens is 306 g/mol. The molecule has 1 aromatic heterocycles. The maximum atomic E-state index is 5.84. The van der Waals surface area contributed by atoms with E-state index in [-0.39, 0.29) is 0 Å². The van der Waals surface area contributed by atoms with Gasteiger partial charge in [-0.15, -0.1) is 5.10 Å². The van der Waals surface area contributed by atoms with E-state index in [9.17, 15) is 0 Å². The first-order valence-electron chi connectivity index (χ1n) is 7.26. The van der Waals surface area contributed by atoms with E-state index in [1.807, 2.05) is 24.3 Å². The first kappa shape index (κ1) is 14.7. The van der Waals surface area contributed by atoms with Crippen molar-refractivity contribution < 1.29 is 4.74 Å². The Kier molecular flexibility index (Phi) is 5.04. The molecule has 0 unspecified atom stereocenters. The second-order valence-electron chi connectivity index (χ2n) is 5.19. The molecule has 2 aromatic rings. The molecule has 0 aliphatic heterocycles. The molecule has 1 fully saturated rings. The third-order valence-electron chi connectivity index (χ3n) is 3.52. The topological polar surface area (TPSA) is 50.8 Å². The van der Waals surface area contributed by atoms with Gasteiger partial charge in [-0.25, -0.2) is 4.98 Å². The number of H-pyrrole nitrogens is 1. The van der Waals surface area contributed by atoms with Crippen molar-refractivity contribution in [3.05, 3.63) is 35.1 Å². The number of hydrogen-bond donors (Lipinski definition) is 1. The Morgan fingerprint density at radius 1 is 1.19 bits per heavy atom. The van der Waals surface area contributed by atoms with Crippen molar-refractivity contribution in [1.29, 1.82) is 0 Å². The van der Waals surface area contributed by atoms with Crippen LogP contribution in [0.5, 0.6) is 5.75 Å². The molecule has 1 aliphatic carbocycles. The van der Waals surface area contributed by atoms with E-state index in [0.29, 0.717) is 16.9 Å². The zero-order valence-electron chi connectivity index (χ0n) is 11.7. The molecule has 4 nitrogen and oxygen atoms in total. The van der Waals surface area contributed by atoms with E-state index in [4.69, 9.17) is 16.3 Å². The van der Waals surface area contributed by atoms with Crippen LogP contribution in [-0.4, -0.2) is 20.4 Å². The smallest absolute Gasteiger partial charge is 0.208 e. The van der Waals surface area contributed by atoms with Crippen LogP contribution in [0.2, 0.25) is 5.02 Å². The summed E-state index contributed by atoms with van der Waals surface area (Å²) in [5.74, 6) is 1.53. The lowest BCUT2D eigenvalue weighted by atomic mass is 10.0. The number of halogens is 1. The number of aromatic amines is 1. The number of aromatic nitrogens is 3. The molecule has 1 aliphatic rings. The molecule has 6 heteroatoms. The van der Waals surface area contributed by atoms with E-state index in [1.54, 1.807) is 11.8 Å². The van der Waals surface area contributed by atoms with E-state index in [1.165, 1.54) is 32.1 Å². The summed E-state index contributed by atoms with van der Waals surface area (Å²) in [5, 5.41) is 9.40. The Hall–Kier alpha value is -1.20. The maximum absolute atomic E-state index is 5.84. The highest BCUT2D eigenvalue weighted by molar-refractivity contribution is 7.99. The van der Waals surface area contributed by atoms with Crippen LogP contribution in [-0.2, 0) is 6.61 Å². The average Bonchev–Trinajstić information content (AvgIpc) is 2.95. The summed E-state index contributed by atoms with van der Waals surface area (Å²) in [6.07, 6.45) is 6.57. The molecule has 21 heavy (non-hydrogen) atoms. The Balaban J connectivity index is 1.51. The SMILES string of the molecule is Clc1ccc(OCc2nc(SC3CCCCC3)n[nH]2)cc1. The van der Waals surface area contributed by atoms with Gasteiger partial charge in [0.2, 0.25) is 5.16 Å². The number of thioether (sulfide) groups is 1. The van der Waals surface area contributed by atoms with Crippen LogP contribution in [0.15, 0.2) is 29.4 Å². The van der Waals surface area contributed by atoms with Gasteiger partial charge in [0.15, 0.2) is 5.82 Å². The predicted octanol–water partition coefficient (Wildman–Crippen LogP) is 4.46. The van der Waals surface area contributed by atoms with Crippen molar-refractivity contribution >= 4 is 23.4 Å². The van der Waals surface area contributed by atoms with Gasteiger partial charge in [-0.2, -0.15) is 0 Å². The molecule has 0 saturated heterocycles. The third kappa shape index (κ3) is 4.38. The van der Waals surface area contributed by atoms with Crippen molar-refractivity contribution in [2.75, 3.05) is 0 Å². The number of benzene rings is 1. The van der Waals surface area contributed by atoms with Gasteiger partial charge in [0.25, 0.3) is 0 Å². The summed E-state index contributed by atoms with van der Waals surface area (Å²) in [5.41, 5.74) is 0. The number of hydrogen-bond acceptors (Lipinski definition) is 4. The summed E-state index contributed by atoms with van der Waals surface area (Å²) in [6.45, 7) is 0.389. The standard InChI is InChI=1S/C15H18ClN3OS/c16-11-6-8-12(9-7-11)20-10-14-17-15(19-18-14)21-13-4-2-1-3-5-13/h6-9,13H,1-5,10H2,(H,17,18,19). The minimum absolute atomic E-state index is 0.389. The van der Waals surface area contributed by atoms with Crippen LogP contribution >= 0.6 is 23.4 Å². The highest BCUT2D eigenvalue weighted by Gasteiger charge is 2.17. The lowest BCUT2D eigenvalue weighted by molar-refractivity contribution is 0.296. The third-order valence-corrected chi connectivity index (χ3v) is 4.97. The summed E-state index contributed by atoms with van der Waals surface area (Å²) in [6, 6.07) is 7.30. The largest absolute Gasteiger partial charge is 0.486 e. The molecule has 0 bridgehead atoms. The van der Waals surface area contributed by atoms with Crippen molar-refractivity contribution in [3.8, 4) is 5.75 Å². The van der Waals surface area contributed by atoms with Gasteiger partial charge in [-0.05, 0) is 37.1 Å². The van der Waals surface area contributed by atoms with E-state index < -0.39 is 0 Å². The molecule has 1 saturated carbocycles. The van der Waals surface area contributed by atoms with Crippen molar-refractivity contribution in [2.24, 2.45) is 0 Å². The molecule has 0 spiro atoms. The highest BCUT2D eigenvalue weighted by atomic mass is 35.5. The first-order valence-corrected chi connectivity index (χ1v) is 8.52. The van der Waals surface area contributed by atoms with Gasteiger partial charge >= 0.3 is 0 Å². The van der Waals surface area contributed by atoms with Crippen molar-refractivity contribution in [3.63, 3.8) is 0 Å². The molecule has 0 amide bonds. The monoisotopic (exact) mass is 323 g/mol. The maximum Gasteiger partial charge on any atom is 0.208 e. The van der Waals surface area contributed by atoms with Gasteiger partial charge < -0.3 is 4.74 Å². The molecule has 0 atom stereocenters. The molecule has 1 aromatic carbocycles. The fourth-order valence-electron chi connectivity index (χ4n) is 2.41. The Morgan fingerprint density at radius 2 is 1.95 bits per heavy atom. The van der Waals surface area contributed by atoms with Gasteiger partial charge in [-0.1, -0.05) is 42.6 Å². The minimum atomic E-state index is 0.389. The number of nitrogens with zero attached hydrogens (tertiary/aromatic N) is 2. The number of rotatable bonds is 5. The molecule has 112 valence electrons. The molecule has 0 radical (unpaired) electrons. The van der Waals surface area contributed by atoms with Crippen LogP contribution in [0.4, 0.5) is 0 Å². The fraction of sp³-hybridized carbons (Fsp3) is 0.467. The van der Waals surface area contributed by atoms with Crippen LogP contribution in [0.25, 0.3) is 0 Å². The molecular formula is C15H18ClN3OS. The van der Waals surface area contributed by atoms with E-state index >= 15 is 0 Å². The predicted molar refractivity (Wildman–Crippen MR) is 84.9 cm³/mol.